The fraction of sp³-hybridized carbons (Fsp3) is 0.538. The molecule has 1 aliphatic rings. The Morgan fingerprint density at radius 1 is 1.44 bits per heavy atom. The van der Waals surface area contributed by atoms with Gasteiger partial charge in [-0.15, -0.1) is 0 Å². The Hall–Kier alpha value is -1.07. The second-order valence-corrected chi connectivity index (χ2v) is 6.69. The summed E-state index contributed by atoms with van der Waals surface area (Å²) in [5, 5.41) is 0. The van der Waals surface area contributed by atoms with Gasteiger partial charge in [0.2, 0.25) is 10.0 Å². The van der Waals surface area contributed by atoms with Crippen LogP contribution in [0, 0.1) is 5.92 Å². The van der Waals surface area contributed by atoms with E-state index in [0.717, 1.165) is 12.8 Å². The van der Waals surface area contributed by atoms with Crippen LogP contribution in [-0.4, -0.2) is 14.5 Å². The summed E-state index contributed by atoms with van der Waals surface area (Å²) in [6.45, 7) is 2.01. The van der Waals surface area contributed by atoms with Gasteiger partial charge in [-0.2, -0.15) is 0 Å². The SMILES string of the molecule is CCC(CC1CC1)NS(=O)(=O)c1cccc(N)c1. The summed E-state index contributed by atoms with van der Waals surface area (Å²) in [4.78, 5) is 0.247. The van der Waals surface area contributed by atoms with Gasteiger partial charge in [0.15, 0.2) is 0 Å². The average molecular weight is 268 g/mol. The maximum Gasteiger partial charge on any atom is 0.240 e. The van der Waals surface area contributed by atoms with Crippen LogP contribution in [0.25, 0.3) is 0 Å². The predicted octanol–water partition coefficient (Wildman–Crippen LogP) is 2.13. The number of nitrogens with two attached hydrogens (primary N) is 1. The van der Waals surface area contributed by atoms with E-state index in [1.807, 2.05) is 6.92 Å². The molecule has 0 saturated heterocycles. The molecule has 0 amide bonds. The Bertz CT molecular complexity index is 509. The Morgan fingerprint density at radius 2 is 2.17 bits per heavy atom. The van der Waals surface area contributed by atoms with Crippen LogP contribution in [0.15, 0.2) is 29.2 Å². The van der Waals surface area contributed by atoms with Gasteiger partial charge in [-0.25, -0.2) is 13.1 Å². The summed E-state index contributed by atoms with van der Waals surface area (Å²) in [5.41, 5.74) is 6.08. The van der Waals surface area contributed by atoms with Gasteiger partial charge in [0, 0.05) is 11.7 Å². The molecule has 1 unspecified atom stereocenters. The highest BCUT2D eigenvalue weighted by atomic mass is 32.2. The van der Waals surface area contributed by atoms with Crippen molar-refractivity contribution in [2.45, 2.75) is 43.5 Å². The molecule has 2 rings (SSSR count). The quantitative estimate of drug-likeness (QED) is 0.776. The van der Waals surface area contributed by atoms with E-state index in [1.165, 1.54) is 18.9 Å². The molecule has 1 atom stereocenters. The number of hydrogen-bond acceptors (Lipinski definition) is 3. The van der Waals surface area contributed by atoms with Gasteiger partial charge in [-0.1, -0.05) is 25.8 Å². The first-order valence-electron chi connectivity index (χ1n) is 6.39. The highest BCUT2D eigenvalue weighted by Gasteiger charge is 2.27. The Labute approximate surface area is 109 Å². The second-order valence-electron chi connectivity index (χ2n) is 4.98. The number of benzene rings is 1. The van der Waals surface area contributed by atoms with Crippen LogP contribution in [0.3, 0.4) is 0 Å². The molecule has 0 radical (unpaired) electrons. The molecule has 3 N–H and O–H groups in total. The van der Waals surface area contributed by atoms with Crippen molar-refractivity contribution in [2.75, 3.05) is 5.73 Å². The fourth-order valence-electron chi connectivity index (χ4n) is 2.02. The van der Waals surface area contributed by atoms with E-state index in [9.17, 15) is 8.42 Å². The molecular formula is C13H20N2O2S. The molecule has 4 nitrogen and oxygen atoms in total. The Balaban J connectivity index is 2.09. The highest BCUT2D eigenvalue weighted by molar-refractivity contribution is 7.89. The van der Waals surface area contributed by atoms with E-state index in [-0.39, 0.29) is 10.9 Å². The van der Waals surface area contributed by atoms with Crippen molar-refractivity contribution in [1.82, 2.24) is 4.72 Å². The zero-order valence-electron chi connectivity index (χ0n) is 10.6. The largest absolute Gasteiger partial charge is 0.399 e. The van der Waals surface area contributed by atoms with E-state index in [1.54, 1.807) is 18.2 Å². The molecule has 5 heteroatoms. The molecule has 0 bridgehead atoms. The molecular weight excluding hydrogens is 248 g/mol. The summed E-state index contributed by atoms with van der Waals surface area (Å²) in [6, 6.07) is 6.44. The summed E-state index contributed by atoms with van der Waals surface area (Å²) in [6.07, 6.45) is 4.23. The Morgan fingerprint density at radius 3 is 2.72 bits per heavy atom. The third kappa shape index (κ3) is 3.46. The van der Waals surface area contributed by atoms with Gasteiger partial charge >= 0.3 is 0 Å². The van der Waals surface area contributed by atoms with E-state index in [0.29, 0.717) is 11.6 Å². The van der Waals surface area contributed by atoms with Crippen molar-refractivity contribution >= 4 is 15.7 Å². The Kier molecular flexibility index (Phi) is 3.92. The summed E-state index contributed by atoms with van der Waals surface area (Å²) < 4.78 is 27.2. The molecule has 1 aromatic carbocycles. The van der Waals surface area contributed by atoms with Crippen molar-refractivity contribution in [1.29, 1.82) is 0 Å². The third-order valence-corrected chi connectivity index (χ3v) is 4.82. The minimum absolute atomic E-state index is 0.0314. The second kappa shape index (κ2) is 5.28. The number of anilines is 1. The maximum absolute atomic E-state index is 12.2. The van der Waals surface area contributed by atoms with Gasteiger partial charge in [0.05, 0.1) is 4.90 Å². The van der Waals surface area contributed by atoms with Crippen molar-refractivity contribution in [3.05, 3.63) is 24.3 Å². The molecule has 1 aromatic rings. The van der Waals surface area contributed by atoms with E-state index in [4.69, 9.17) is 5.73 Å². The van der Waals surface area contributed by atoms with Gasteiger partial charge in [0.1, 0.15) is 0 Å². The van der Waals surface area contributed by atoms with Crippen LogP contribution in [0.5, 0.6) is 0 Å². The topological polar surface area (TPSA) is 72.2 Å². The summed E-state index contributed by atoms with van der Waals surface area (Å²) >= 11 is 0. The lowest BCUT2D eigenvalue weighted by atomic mass is 10.1. The summed E-state index contributed by atoms with van der Waals surface area (Å²) in [7, 11) is -3.44. The standard InChI is InChI=1S/C13H20N2O2S/c1-2-12(8-10-6-7-10)15-18(16,17)13-5-3-4-11(14)9-13/h3-5,9-10,12,15H,2,6-8,14H2,1H3. The number of sulfonamides is 1. The predicted molar refractivity (Wildman–Crippen MR) is 72.6 cm³/mol. The van der Waals surface area contributed by atoms with Crippen molar-refractivity contribution in [2.24, 2.45) is 5.92 Å². The number of nitrogen functional groups attached to an aromatic ring is 1. The lowest BCUT2D eigenvalue weighted by Crippen LogP contribution is -2.34. The monoisotopic (exact) mass is 268 g/mol. The van der Waals surface area contributed by atoms with Gasteiger partial charge in [-0.05, 0) is 37.0 Å². The molecule has 100 valence electrons. The minimum atomic E-state index is -3.44. The molecule has 1 aliphatic carbocycles. The molecule has 0 aromatic heterocycles. The lowest BCUT2D eigenvalue weighted by molar-refractivity contribution is 0.495. The smallest absolute Gasteiger partial charge is 0.240 e. The first-order valence-corrected chi connectivity index (χ1v) is 7.87. The van der Waals surface area contributed by atoms with Crippen molar-refractivity contribution in [3.63, 3.8) is 0 Å². The van der Waals surface area contributed by atoms with E-state index < -0.39 is 10.0 Å². The van der Waals surface area contributed by atoms with Crippen LogP contribution in [0.2, 0.25) is 0 Å². The highest BCUT2D eigenvalue weighted by Crippen LogP contribution is 2.34. The number of nitrogens with one attached hydrogen (secondary N) is 1. The molecule has 0 heterocycles. The number of rotatable bonds is 6. The van der Waals surface area contributed by atoms with Crippen LogP contribution in [0.1, 0.15) is 32.6 Å². The molecule has 0 aliphatic heterocycles. The average Bonchev–Trinajstić information content (AvgIpc) is 3.12. The molecule has 1 saturated carbocycles. The third-order valence-electron chi connectivity index (χ3n) is 3.30. The molecule has 18 heavy (non-hydrogen) atoms. The molecule has 1 fully saturated rings. The minimum Gasteiger partial charge on any atom is -0.399 e. The van der Waals surface area contributed by atoms with Gasteiger partial charge in [0.25, 0.3) is 0 Å². The first-order chi connectivity index (χ1) is 8.51. The van der Waals surface area contributed by atoms with Gasteiger partial charge in [-0.3, -0.25) is 0 Å². The maximum atomic E-state index is 12.2. The first kappa shape index (κ1) is 13.4. The zero-order chi connectivity index (χ0) is 13.2. The lowest BCUT2D eigenvalue weighted by Gasteiger charge is -2.16. The van der Waals surface area contributed by atoms with Crippen LogP contribution < -0.4 is 10.5 Å². The van der Waals surface area contributed by atoms with Crippen molar-refractivity contribution in [3.8, 4) is 0 Å². The summed E-state index contributed by atoms with van der Waals surface area (Å²) in [5.74, 6) is 0.707. The van der Waals surface area contributed by atoms with Crippen LogP contribution in [0.4, 0.5) is 5.69 Å². The normalized spacial score (nSPS) is 17.6. The van der Waals surface area contributed by atoms with Crippen LogP contribution in [-0.2, 0) is 10.0 Å². The van der Waals surface area contributed by atoms with Crippen molar-refractivity contribution < 1.29 is 8.42 Å². The van der Waals surface area contributed by atoms with Gasteiger partial charge < -0.3 is 5.73 Å². The van der Waals surface area contributed by atoms with Crippen LogP contribution >= 0.6 is 0 Å². The van der Waals surface area contributed by atoms with E-state index >= 15 is 0 Å². The van der Waals surface area contributed by atoms with E-state index in [2.05, 4.69) is 4.72 Å². The fourth-order valence-corrected chi connectivity index (χ4v) is 3.41. The number of hydrogen-bond donors (Lipinski definition) is 2. The zero-order valence-corrected chi connectivity index (χ0v) is 11.4. The molecule has 0 spiro atoms.